The summed E-state index contributed by atoms with van der Waals surface area (Å²) in [6.45, 7) is 0.226. The Balaban J connectivity index is 0.901. The molecular formula is C38H54N12O10S. The molecule has 0 spiro atoms. The maximum absolute atomic E-state index is 13.4. The summed E-state index contributed by atoms with van der Waals surface area (Å²) in [5, 5.41) is 62.1. The average Bonchev–Trinajstić information content (AvgIpc) is 3.87. The van der Waals surface area contributed by atoms with Gasteiger partial charge in [-0.15, -0.1) is 10.2 Å². The van der Waals surface area contributed by atoms with Crippen LogP contribution in [0.15, 0.2) is 70.7 Å². The maximum Gasteiger partial charge on any atom is 0.246 e. The Hall–Kier alpha value is -4.79. The fourth-order valence-electron chi connectivity index (χ4n) is 7.29. The molecule has 23 heteroatoms. The second-order valence-corrected chi connectivity index (χ2v) is 17.4. The summed E-state index contributed by atoms with van der Waals surface area (Å²) in [4.78, 5) is 25.4. The first-order valence-corrected chi connectivity index (χ1v) is 21.4. The number of aryl methyl sites for hydroxylation is 2. The molecule has 6 rings (SSSR count). The topological polar surface area (TPSA) is 357 Å². The summed E-state index contributed by atoms with van der Waals surface area (Å²) >= 11 is 0. The van der Waals surface area contributed by atoms with E-state index < -0.39 is 82.4 Å². The molecule has 2 aliphatic rings. The number of nitrogens with two attached hydrogens (primary N) is 4. The highest BCUT2D eigenvalue weighted by Crippen LogP contribution is 2.25. The number of hydrogen-bond donors (Lipinski definition) is 10. The molecule has 2 aromatic heterocycles. The molecule has 2 saturated carbocycles. The molecule has 2 fully saturated rings. The van der Waals surface area contributed by atoms with E-state index in [4.69, 9.17) is 32.4 Å². The normalized spacial score (nSPS) is 26.8. The number of amides is 2. The highest BCUT2D eigenvalue weighted by molar-refractivity contribution is 7.91. The first-order valence-electron chi connectivity index (χ1n) is 19.9. The molecule has 2 aliphatic carbocycles. The summed E-state index contributed by atoms with van der Waals surface area (Å²) in [7, 11) is -3.93. The Morgan fingerprint density at radius 3 is 1.38 bits per heavy atom. The van der Waals surface area contributed by atoms with Gasteiger partial charge in [-0.05, 0) is 87.1 Å². The number of rotatable bonds is 18. The Labute approximate surface area is 351 Å². The quantitative estimate of drug-likeness (QED) is 0.0451. The molecule has 61 heavy (non-hydrogen) atoms. The van der Waals surface area contributed by atoms with Gasteiger partial charge in [-0.2, -0.15) is 0 Å². The van der Waals surface area contributed by atoms with E-state index in [1.165, 1.54) is 57.9 Å². The molecule has 0 bridgehead atoms. The highest BCUT2D eigenvalue weighted by atomic mass is 32.2. The van der Waals surface area contributed by atoms with Gasteiger partial charge in [0.2, 0.25) is 21.7 Å². The Kier molecular flexibility index (Phi) is 15.3. The first kappa shape index (κ1) is 45.7. The van der Waals surface area contributed by atoms with Crippen molar-refractivity contribution in [2.45, 2.75) is 122 Å². The zero-order valence-corrected chi connectivity index (χ0v) is 34.1. The van der Waals surface area contributed by atoms with Crippen molar-refractivity contribution in [2.75, 3.05) is 23.8 Å². The van der Waals surface area contributed by atoms with E-state index in [1.54, 1.807) is 12.4 Å². The van der Waals surface area contributed by atoms with Gasteiger partial charge in [0.1, 0.15) is 37.5 Å². The molecule has 2 amide bonds. The third-order valence-corrected chi connectivity index (χ3v) is 12.4. The first-order chi connectivity index (χ1) is 29.1. The SMILES string of the molecule is N[C@@H]1C[C@H](N)[C@@H](OCCCc2cn(CC(=O)Nc3ccc(S(=O)(=O)c4ccc(NC(=O)Cn5cc(CCCO[C@H]6[C@H](O)[C@@H](O)[C@H](N)C[C@@H]6N)nn5)cc4)cc3)nn2)[C@H](O)[C@H]1O. The number of ether oxygens (including phenoxy) is 2. The Morgan fingerprint density at radius 2 is 1.00 bits per heavy atom. The molecule has 0 radical (unpaired) electrons. The van der Waals surface area contributed by atoms with Gasteiger partial charge in [-0.1, -0.05) is 10.4 Å². The number of aliphatic hydroxyl groups excluding tert-OH is 4. The monoisotopic (exact) mass is 870 g/mol. The smallest absolute Gasteiger partial charge is 0.246 e. The summed E-state index contributed by atoms with van der Waals surface area (Å²) in [6.07, 6.45) is -0.116. The van der Waals surface area contributed by atoms with Crippen LogP contribution in [0.25, 0.3) is 0 Å². The van der Waals surface area contributed by atoms with Gasteiger partial charge in [-0.3, -0.25) is 9.59 Å². The van der Waals surface area contributed by atoms with Crippen molar-refractivity contribution in [1.82, 2.24) is 30.0 Å². The zero-order chi connectivity index (χ0) is 43.8. The molecule has 14 N–H and O–H groups in total. The third kappa shape index (κ3) is 11.8. The van der Waals surface area contributed by atoms with Crippen molar-refractivity contribution in [3.05, 3.63) is 72.3 Å². The fourth-order valence-corrected chi connectivity index (χ4v) is 8.56. The minimum atomic E-state index is -3.93. The summed E-state index contributed by atoms with van der Waals surface area (Å²) in [6, 6.07) is 9.17. The van der Waals surface area contributed by atoms with Crippen molar-refractivity contribution in [1.29, 1.82) is 0 Å². The molecular weight excluding hydrogens is 817 g/mol. The van der Waals surface area contributed by atoms with E-state index in [1.807, 2.05) is 0 Å². The number of aromatic nitrogens is 6. The van der Waals surface area contributed by atoms with Crippen molar-refractivity contribution >= 4 is 33.0 Å². The van der Waals surface area contributed by atoms with Crippen LogP contribution in [-0.4, -0.2) is 145 Å². The third-order valence-electron chi connectivity index (χ3n) is 10.6. The van der Waals surface area contributed by atoms with Gasteiger partial charge in [0.15, 0.2) is 0 Å². The standard InChI is InChI=1S/C38H54N12O10S/c39-27-15-29(41)37(35(55)33(27)53)59-13-1-3-23-17-49(47-45-23)19-31(51)43-21-5-9-25(10-6-21)61(57,58)26-11-7-22(8-12-26)44-32(52)20-50-18-24(46-48-50)4-2-14-60-38-30(42)16-28(40)34(54)36(38)56/h5-12,17-18,27-30,33-38,53-56H,1-4,13-16,19-20,39-42H2,(H,43,51)(H,44,52)/t27-,28-,29+,30+,33+,34+,35-,36-,37-,38-/m1/s1. The highest BCUT2D eigenvalue weighted by Gasteiger charge is 2.42. The lowest BCUT2D eigenvalue weighted by atomic mass is 9.85. The van der Waals surface area contributed by atoms with Gasteiger partial charge in [0.05, 0.1) is 33.4 Å². The number of anilines is 2. The van der Waals surface area contributed by atoms with E-state index >= 15 is 0 Å². The molecule has 4 aromatic rings. The molecule has 2 aromatic carbocycles. The van der Waals surface area contributed by atoms with Crippen molar-refractivity contribution in [3.63, 3.8) is 0 Å². The summed E-state index contributed by atoms with van der Waals surface area (Å²) < 4.78 is 40.9. The van der Waals surface area contributed by atoms with Gasteiger partial charge >= 0.3 is 0 Å². The van der Waals surface area contributed by atoms with E-state index in [0.29, 0.717) is 61.3 Å². The zero-order valence-electron chi connectivity index (χ0n) is 33.3. The van der Waals surface area contributed by atoms with E-state index in [0.717, 1.165) is 0 Å². The molecule has 332 valence electrons. The number of aliphatic hydroxyl groups is 4. The second kappa shape index (κ2) is 20.4. The van der Waals surface area contributed by atoms with Crippen LogP contribution < -0.4 is 33.6 Å². The van der Waals surface area contributed by atoms with Crippen LogP contribution in [0.3, 0.4) is 0 Å². The van der Waals surface area contributed by atoms with Crippen LogP contribution in [0.4, 0.5) is 11.4 Å². The number of sulfone groups is 1. The number of nitrogens with zero attached hydrogens (tertiary/aromatic N) is 6. The largest absolute Gasteiger partial charge is 0.389 e. The average molecular weight is 871 g/mol. The van der Waals surface area contributed by atoms with Crippen LogP contribution >= 0.6 is 0 Å². The van der Waals surface area contributed by atoms with Crippen molar-refractivity contribution < 1.29 is 47.9 Å². The summed E-state index contributed by atoms with van der Waals surface area (Å²) in [5.74, 6) is -0.820. The lowest BCUT2D eigenvalue weighted by Gasteiger charge is -2.39. The Morgan fingerprint density at radius 1 is 0.623 bits per heavy atom. The van der Waals surface area contributed by atoms with Gasteiger partial charge in [0, 0.05) is 61.1 Å². The van der Waals surface area contributed by atoms with Crippen LogP contribution in [0.2, 0.25) is 0 Å². The van der Waals surface area contributed by atoms with E-state index in [2.05, 4.69) is 31.3 Å². The van der Waals surface area contributed by atoms with Crippen molar-refractivity contribution in [3.8, 4) is 0 Å². The number of nitrogens with one attached hydrogen (secondary N) is 2. The van der Waals surface area contributed by atoms with E-state index in [-0.39, 0.29) is 36.1 Å². The van der Waals surface area contributed by atoms with Crippen molar-refractivity contribution in [2.24, 2.45) is 22.9 Å². The summed E-state index contributed by atoms with van der Waals surface area (Å²) in [5.41, 5.74) is 25.6. The molecule has 2 heterocycles. The number of hydrogen-bond acceptors (Lipinski definition) is 18. The maximum atomic E-state index is 13.4. The molecule has 0 aliphatic heterocycles. The van der Waals surface area contributed by atoms with Crippen LogP contribution in [0.1, 0.15) is 37.1 Å². The fraction of sp³-hybridized carbons (Fsp3) is 0.526. The number of benzene rings is 2. The predicted molar refractivity (Wildman–Crippen MR) is 217 cm³/mol. The van der Waals surface area contributed by atoms with Gasteiger partial charge in [0.25, 0.3) is 0 Å². The van der Waals surface area contributed by atoms with Gasteiger partial charge < -0.3 is 63.5 Å². The molecule has 10 atom stereocenters. The predicted octanol–water partition coefficient (Wildman–Crippen LogP) is -2.82. The Bertz CT molecular complexity index is 2030. The van der Waals surface area contributed by atoms with Gasteiger partial charge in [-0.25, -0.2) is 17.8 Å². The molecule has 0 unspecified atom stereocenters. The van der Waals surface area contributed by atoms with E-state index in [9.17, 15) is 38.4 Å². The number of carbonyl (C=O) groups is 2. The second-order valence-electron chi connectivity index (χ2n) is 15.4. The lowest BCUT2D eigenvalue weighted by molar-refractivity contribution is -0.127. The van der Waals surface area contributed by atoms with Crippen LogP contribution in [0.5, 0.6) is 0 Å². The van der Waals surface area contributed by atoms with Crippen LogP contribution in [-0.2, 0) is 54.8 Å². The minimum absolute atomic E-state index is 0.000786. The molecule has 22 nitrogen and oxygen atoms in total. The lowest BCUT2D eigenvalue weighted by Crippen LogP contribution is -2.62. The minimum Gasteiger partial charge on any atom is -0.389 e. The number of carbonyl (C=O) groups excluding carboxylic acids is 2. The van der Waals surface area contributed by atoms with Crippen LogP contribution in [0, 0.1) is 0 Å². The molecule has 0 saturated heterocycles.